The number of aryl methyl sites for hydroxylation is 1. The molecule has 0 radical (unpaired) electrons. The van der Waals surface area contributed by atoms with Gasteiger partial charge in [-0.25, -0.2) is 0 Å². The van der Waals surface area contributed by atoms with E-state index in [0.29, 0.717) is 27.9 Å². The normalized spacial score (nSPS) is 17.0. The van der Waals surface area contributed by atoms with Gasteiger partial charge in [-0.05, 0) is 37.3 Å². The molecule has 0 saturated heterocycles. The number of rotatable bonds is 2. The Bertz CT molecular complexity index is 1020. The van der Waals surface area contributed by atoms with Gasteiger partial charge in [0, 0.05) is 11.6 Å². The van der Waals surface area contributed by atoms with Crippen LogP contribution in [0.3, 0.4) is 0 Å². The fourth-order valence-corrected chi connectivity index (χ4v) is 4.12. The second kappa shape index (κ2) is 6.54. The Balaban J connectivity index is 1.69. The predicted molar refractivity (Wildman–Crippen MR) is 97.4 cm³/mol. The molecule has 0 fully saturated rings. The standard InChI is InChI=1S/C18H15ClN2O3S/c1-2-21-12-8-7-11(19)9-16(12)25-18(21)20-17(22)15-10-23-13-5-3-4-6-14(13)24-15/h3-9,15H,2,10H2,1H3. The molecule has 1 atom stereocenters. The molecule has 4 rings (SSSR count). The van der Waals surface area contributed by atoms with E-state index in [-0.39, 0.29) is 12.5 Å². The van der Waals surface area contributed by atoms with Gasteiger partial charge in [-0.2, -0.15) is 4.99 Å². The molecule has 0 aliphatic carbocycles. The third kappa shape index (κ3) is 3.03. The van der Waals surface area contributed by atoms with E-state index in [1.807, 2.05) is 47.9 Å². The number of halogens is 1. The highest BCUT2D eigenvalue weighted by molar-refractivity contribution is 7.16. The molecule has 1 aliphatic rings. The number of carbonyl (C=O) groups is 1. The molecule has 1 amide bonds. The van der Waals surface area contributed by atoms with Crippen LogP contribution in [0.1, 0.15) is 6.92 Å². The summed E-state index contributed by atoms with van der Waals surface area (Å²) in [5.41, 5.74) is 1.01. The minimum atomic E-state index is -0.742. The number of fused-ring (bicyclic) bond motifs is 2. The number of hydrogen-bond donors (Lipinski definition) is 0. The van der Waals surface area contributed by atoms with Gasteiger partial charge in [-0.1, -0.05) is 35.1 Å². The molecule has 0 N–H and O–H groups in total. The van der Waals surface area contributed by atoms with Crippen LogP contribution in [0, 0.1) is 0 Å². The number of thiazole rings is 1. The maximum atomic E-state index is 12.6. The van der Waals surface area contributed by atoms with Gasteiger partial charge in [0.1, 0.15) is 6.61 Å². The van der Waals surface area contributed by atoms with Gasteiger partial charge in [-0.15, -0.1) is 0 Å². The van der Waals surface area contributed by atoms with Crippen molar-refractivity contribution < 1.29 is 14.3 Å². The number of hydrogen-bond acceptors (Lipinski definition) is 4. The highest BCUT2D eigenvalue weighted by Crippen LogP contribution is 2.31. The first-order valence-electron chi connectivity index (χ1n) is 7.91. The topological polar surface area (TPSA) is 52.8 Å². The van der Waals surface area contributed by atoms with Gasteiger partial charge in [-0.3, -0.25) is 4.79 Å². The molecular formula is C18H15ClN2O3S. The zero-order chi connectivity index (χ0) is 17.4. The molecule has 128 valence electrons. The molecule has 0 saturated carbocycles. The minimum Gasteiger partial charge on any atom is -0.485 e. The molecule has 2 aromatic carbocycles. The number of carbonyl (C=O) groups excluding carboxylic acids is 1. The Hall–Kier alpha value is -2.31. The number of amides is 1. The van der Waals surface area contributed by atoms with Crippen LogP contribution >= 0.6 is 22.9 Å². The summed E-state index contributed by atoms with van der Waals surface area (Å²) in [6.45, 7) is 2.88. The summed E-state index contributed by atoms with van der Waals surface area (Å²) < 4.78 is 14.3. The molecule has 1 aromatic heterocycles. The summed E-state index contributed by atoms with van der Waals surface area (Å²) in [6.07, 6.45) is -0.742. The van der Waals surface area contributed by atoms with Crippen molar-refractivity contribution in [3.63, 3.8) is 0 Å². The van der Waals surface area contributed by atoms with Crippen molar-refractivity contribution in [3.05, 3.63) is 52.3 Å². The molecule has 3 aromatic rings. The molecule has 0 spiro atoms. The van der Waals surface area contributed by atoms with Gasteiger partial charge in [0.2, 0.25) is 6.10 Å². The highest BCUT2D eigenvalue weighted by atomic mass is 35.5. The zero-order valence-electron chi connectivity index (χ0n) is 13.4. The van der Waals surface area contributed by atoms with Crippen LogP contribution in [0.2, 0.25) is 5.02 Å². The molecule has 1 unspecified atom stereocenters. The van der Waals surface area contributed by atoms with E-state index >= 15 is 0 Å². The lowest BCUT2D eigenvalue weighted by Crippen LogP contribution is -2.36. The molecular weight excluding hydrogens is 360 g/mol. The number of benzene rings is 2. The first-order valence-corrected chi connectivity index (χ1v) is 9.11. The summed E-state index contributed by atoms with van der Waals surface area (Å²) in [4.78, 5) is 17.5. The lowest BCUT2D eigenvalue weighted by molar-refractivity contribution is -0.127. The Kier molecular flexibility index (Phi) is 4.23. The van der Waals surface area contributed by atoms with E-state index in [1.54, 1.807) is 6.07 Å². The van der Waals surface area contributed by atoms with Crippen LogP contribution in [0.5, 0.6) is 11.5 Å². The number of ether oxygens (including phenoxy) is 2. The van der Waals surface area contributed by atoms with E-state index in [2.05, 4.69) is 4.99 Å². The first-order chi connectivity index (χ1) is 12.2. The smallest absolute Gasteiger partial charge is 0.292 e. The van der Waals surface area contributed by atoms with Crippen molar-refractivity contribution in [2.24, 2.45) is 4.99 Å². The van der Waals surface area contributed by atoms with Crippen LogP contribution in [-0.4, -0.2) is 23.2 Å². The molecule has 1 aliphatic heterocycles. The van der Waals surface area contributed by atoms with E-state index in [1.165, 1.54) is 11.3 Å². The van der Waals surface area contributed by atoms with Crippen LogP contribution in [0.15, 0.2) is 47.5 Å². The summed E-state index contributed by atoms with van der Waals surface area (Å²) in [7, 11) is 0. The van der Waals surface area contributed by atoms with Gasteiger partial charge in [0.05, 0.1) is 10.2 Å². The molecule has 5 nitrogen and oxygen atoms in total. The van der Waals surface area contributed by atoms with Crippen LogP contribution < -0.4 is 14.3 Å². The summed E-state index contributed by atoms with van der Waals surface area (Å²) in [6, 6.07) is 13.0. The Morgan fingerprint density at radius 1 is 1.32 bits per heavy atom. The average Bonchev–Trinajstić information content (AvgIpc) is 2.97. The Morgan fingerprint density at radius 2 is 2.12 bits per heavy atom. The van der Waals surface area contributed by atoms with Crippen molar-refractivity contribution in [1.82, 2.24) is 4.57 Å². The van der Waals surface area contributed by atoms with Crippen molar-refractivity contribution in [2.45, 2.75) is 19.6 Å². The third-order valence-corrected chi connectivity index (χ3v) is 5.23. The summed E-state index contributed by atoms with van der Waals surface area (Å²) in [5, 5.41) is 0.663. The van der Waals surface area contributed by atoms with Gasteiger partial charge in [0.25, 0.3) is 5.91 Å². The van der Waals surface area contributed by atoms with E-state index in [4.69, 9.17) is 21.1 Å². The SMILES string of the molecule is CCn1c(=NC(=O)C2COc3ccccc3O2)sc2cc(Cl)ccc21. The molecule has 2 heterocycles. The predicted octanol–water partition coefficient (Wildman–Crippen LogP) is 3.64. The number of aromatic nitrogens is 1. The third-order valence-electron chi connectivity index (χ3n) is 3.95. The molecule has 0 bridgehead atoms. The summed E-state index contributed by atoms with van der Waals surface area (Å²) in [5.74, 6) is 0.856. The van der Waals surface area contributed by atoms with Gasteiger partial charge >= 0.3 is 0 Å². The average molecular weight is 375 g/mol. The van der Waals surface area contributed by atoms with E-state index < -0.39 is 6.10 Å². The summed E-state index contributed by atoms with van der Waals surface area (Å²) >= 11 is 7.50. The zero-order valence-corrected chi connectivity index (χ0v) is 15.0. The van der Waals surface area contributed by atoms with Crippen molar-refractivity contribution >= 4 is 39.1 Å². The Labute approximate surface area is 153 Å². The van der Waals surface area contributed by atoms with E-state index in [9.17, 15) is 4.79 Å². The van der Waals surface area contributed by atoms with Crippen LogP contribution in [0.25, 0.3) is 10.2 Å². The van der Waals surface area contributed by atoms with Gasteiger partial charge in [0.15, 0.2) is 16.3 Å². The quantitative estimate of drug-likeness (QED) is 0.688. The number of para-hydroxylation sites is 2. The van der Waals surface area contributed by atoms with Gasteiger partial charge < -0.3 is 14.0 Å². The van der Waals surface area contributed by atoms with E-state index in [0.717, 1.165) is 10.2 Å². The Morgan fingerprint density at radius 3 is 2.92 bits per heavy atom. The fourth-order valence-electron chi connectivity index (χ4n) is 2.75. The number of nitrogens with zero attached hydrogens (tertiary/aromatic N) is 2. The molecule has 25 heavy (non-hydrogen) atoms. The van der Waals surface area contributed by atoms with Crippen molar-refractivity contribution in [2.75, 3.05) is 6.61 Å². The van der Waals surface area contributed by atoms with Crippen LogP contribution in [0.4, 0.5) is 0 Å². The lowest BCUT2D eigenvalue weighted by Gasteiger charge is -2.23. The van der Waals surface area contributed by atoms with Crippen LogP contribution in [-0.2, 0) is 11.3 Å². The highest BCUT2D eigenvalue weighted by Gasteiger charge is 2.27. The maximum Gasteiger partial charge on any atom is 0.292 e. The lowest BCUT2D eigenvalue weighted by atomic mass is 10.2. The second-order valence-corrected chi connectivity index (χ2v) is 7.00. The fraction of sp³-hybridized carbons (Fsp3) is 0.222. The van der Waals surface area contributed by atoms with Crippen molar-refractivity contribution in [3.8, 4) is 11.5 Å². The maximum absolute atomic E-state index is 12.6. The van der Waals surface area contributed by atoms with Crippen molar-refractivity contribution in [1.29, 1.82) is 0 Å². The first kappa shape index (κ1) is 16.2. The minimum absolute atomic E-state index is 0.155. The largest absolute Gasteiger partial charge is 0.485 e. The molecule has 7 heteroatoms. The second-order valence-electron chi connectivity index (χ2n) is 5.56. The monoisotopic (exact) mass is 374 g/mol.